The largest absolute Gasteiger partial charge is 0.468 e. The Morgan fingerprint density at radius 1 is 1.37 bits per heavy atom. The third-order valence-electron chi connectivity index (χ3n) is 3.50. The van der Waals surface area contributed by atoms with Crippen LogP contribution in [0.5, 0.6) is 0 Å². The van der Waals surface area contributed by atoms with Gasteiger partial charge >= 0.3 is 0 Å². The minimum Gasteiger partial charge on any atom is -0.468 e. The first-order valence-electron chi connectivity index (χ1n) is 6.96. The first-order valence-corrected chi connectivity index (χ1v) is 6.96. The lowest BCUT2D eigenvalue weighted by molar-refractivity contribution is -0.133. The lowest BCUT2D eigenvalue weighted by Crippen LogP contribution is -2.48. The summed E-state index contributed by atoms with van der Waals surface area (Å²) in [5, 5.41) is 3.07. The SMILES string of the molecule is CNCCCC(=O)N1CCN(Cc2ccco2)CC1. The predicted molar refractivity (Wildman–Crippen MR) is 73.7 cm³/mol. The van der Waals surface area contributed by atoms with Crippen molar-refractivity contribution in [3.63, 3.8) is 0 Å². The average molecular weight is 265 g/mol. The molecule has 0 saturated carbocycles. The fraction of sp³-hybridized carbons (Fsp3) is 0.643. The third-order valence-corrected chi connectivity index (χ3v) is 3.50. The van der Waals surface area contributed by atoms with Gasteiger partial charge in [-0.2, -0.15) is 0 Å². The Labute approximate surface area is 114 Å². The van der Waals surface area contributed by atoms with Crippen LogP contribution in [0.4, 0.5) is 0 Å². The van der Waals surface area contributed by atoms with Crippen molar-refractivity contribution in [1.82, 2.24) is 15.1 Å². The quantitative estimate of drug-likeness (QED) is 0.777. The first kappa shape index (κ1) is 14.1. The molecule has 0 aromatic carbocycles. The molecule has 0 unspecified atom stereocenters. The Morgan fingerprint density at radius 3 is 2.79 bits per heavy atom. The van der Waals surface area contributed by atoms with Gasteiger partial charge in [0.15, 0.2) is 0 Å². The number of hydrogen-bond acceptors (Lipinski definition) is 4. The third kappa shape index (κ3) is 4.36. The summed E-state index contributed by atoms with van der Waals surface area (Å²) >= 11 is 0. The van der Waals surface area contributed by atoms with Crippen LogP contribution in [-0.2, 0) is 11.3 Å². The predicted octanol–water partition coefficient (Wildman–Crippen LogP) is 0.923. The Hall–Kier alpha value is -1.33. The van der Waals surface area contributed by atoms with Crippen molar-refractivity contribution in [2.75, 3.05) is 39.8 Å². The second kappa shape index (κ2) is 7.31. The van der Waals surface area contributed by atoms with Gasteiger partial charge in [-0.3, -0.25) is 9.69 Å². The summed E-state index contributed by atoms with van der Waals surface area (Å²) in [4.78, 5) is 16.3. The van der Waals surface area contributed by atoms with Gasteiger partial charge in [0.1, 0.15) is 5.76 Å². The fourth-order valence-electron chi connectivity index (χ4n) is 2.35. The molecule has 1 aliphatic heterocycles. The normalized spacial score (nSPS) is 16.8. The van der Waals surface area contributed by atoms with Gasteiger partial charge in [-0.25, -0.2) is 0 Å². The number of carbonyl (C=O) groups excluding carboxylic acids is 1. The maximum atomic E-state index is 12.0. The molecular weight excluding hydrogens is 242 g/mol. The molecule has 1 saturated heterocycles. The van der Waals surface area contributed by atoms with Crippen LogP contribution in [0, 0.1) is 0 Å². The molecule has 1 N–H and O–H groups in total. The standard InChI is InChI=1S/C14H23N3O2/c1-15-6-2-5-14(18)17-9-7-16(8-10-17)12-13-4-3-11-19-13/h3-4,11,15H,2,5-10,12H2,1H3. The van der Waals surface area contributed by atoms with E-state index in [4.69, 9.17) is 4.42 Å². The van der Waals surface area contributed by atoms with Crippen LogP contribution in [-0.4, -0.2) is 55.5 Å². The summed E-state index contributed by atoms with van der Waals surface area (Å²) in [6, 6.07) is 3.91. The van der Waals surface area contributed by atoms with E-state index >= 15 is 0 Å². The Bertz CT molecular complexity index is 370. The minimum atomic E-state index is 0.285. The van der Waals surface area contributed by atoms with Gasteiger partial charge in [0, 0.05) is 32.6 Å². The van der Waals surface area contributed by atoms with Crippen LogP contribution < -0.4 is 5.32 Å². The number of furan rings is 1. The van der Waals surface area contributed by atoms with Gasteiger partial charge in [-0.05, 0) is 32.1 Å². The molecule has 2 rings (SSSR count). The van der Waals surface area contributed by atoms with Crippen LogP contribution in [0.1, 0.15) is 18.6 Å². The Kier molecular flexibility index (Phi) is 5.42. The fourth-order valence-corrected chi connectivity index (χ4v) is 2.35. The zero-order valence-corrected chi connectivity index (χ0v) is 11.6. The molecule has 1 amide bonds. The van der Waals surface area contributed by atoms with Crippen molar-refractivity contribution in [3.05, 3.63) is 24.2 Å². The van der Waals surface area contributed by atoms with E-state index in [1.54, 1.807) is 6.26 Å². The molecule has 1 aromatic rings. The second-order valence-electron chi connectivity index (χ2n) is 4.94. The molecule has 1 aliphatic rings. The van der Waals surface area contributed by atoms with Crippen molar-refractivity contribution < 1.29 is 9.21 Å². The summed E-state index contributed by atoms with van der Waals surface area (Å²) in [6.45, 7) is 5.27. The highest BCUT2D eigenvalue weighted by Gasteiger charge is 2.20. The lowest BCUT2D eigenvalue weighted by Gasteiger charge is -2.34. The smallest absolute Gasteiger partial charge is 0.222 e. The van der Waals surface area contributed by atoms with Crippen molar-refractivity contribution in [2.45, 2.75) is 19.4 Å². The summed E-state index contributed by atoms with van der Waals surface area (Å²) in [7, 11) is 1.91. The highest BCUT2D eigenvalue weighted by atomic mass is 16.3. The van der Waals surface area contributed by atoms with E-state index in [-0.39, 0.29) is 5.91 Å². The molecule has 0 aliphatic carbocycles. The maximum absolute atomic E-state index is 12.0. The molecule has 19 heavy (non-hydrogen) atoms. The number of carbonyl (C=O) groups is 1. The van der Waals surface area contributed by atoms with Gasteiger partial charge < -0.3 is 14.6 Å². The van der Waals surface area contributed by atoms with E-state index < -0.39 is 0 Å². The van der Waals surface area contributed by atoms with Crippen molar-refractivity contribution in [3.8, 4) is 0 Å². The molecule has 0 spiro atoms. The molecule has 0 radical (unpaired) electrons. The second-order valence-corrected chi connectivity index (χ2v) is 4.94. The van der Waals surface area contributed by atoms with Crippen LogP contribution in [0.25, 0.3) is 0 Å². The minimum absolute atomic E-state index is 0.285. The summed E-state index contributed by atoms with van der Waals surface area (Å²) in [5.41, 5.74) is 0. The highest BCUT2D eigenvalue weighted by molar-refractivity contribution is 5.76. The number of piperazine rings is 1. The van der Waals surface area contributed by atoms with E-state index in [0.717, 1.165) is 51.4 Å². The summed E-state index contributed by atoms with van der Waals surface area (Å²) in [6.07, 6.45) is 3.28. The van der Waals surface area contributed by atoms with E-state index in [1.165, 1.54) is 0 Å². The number of nitrogens with zero attached hydrogens (tertiary/aromatic N) is 2. The van der Waals surface area contributed by atoms with E-state index in [1.807, 2.05) is 24.1 Å². The zero-order valence-electron chi connectivity index (χ0n) is 11.6. The van der Waals surface area contributed by atoms with Crippen LogP contribution >= 0.6 is 0 Å². The molecule has 2 heterocycles. The van der Waals surface area contributed by atoms with E-state index in [9.17, 15) is 4.79 Å². The van der Waals surface area contributed by atoms with Gasteiger partial charge in [0.2, 0.25) is 5.91 Å². The molecule has 106 valence electrons. The van der Waals surface area contributed by atoms with E-state index in [0.29, 0.717) is 6.42 Å². The van der Waals surface area contributed by atoms with Crippen molar-refractivity contribution in [1.29, 1.82) is 0 Å². The van der Waals surface area contributed by atoms with Crippen LogP contribution in [0.3, 0.4) is 0 Å². The topological polar surface area (TPSA) is 48.7 Å². The Morgan fingerprint density at radius 2 is 2.16 bits per heavy atom. The first-order chi connectivity index (χ1) is 9.29. The maximum Gasteiger partial charge on any atom is 0.222 e. The molecule has 1 fully saturated rings. The van der Waals surface area contributed by atoms with Crippen molar-refractivity contribution in [2.24, 2.45) is 0 Å². The summed E-state index contributed by atoms with van der Waals surface area (Å²) in [5.74, 6) is 1.28. The summed E-state index contributed by atoms with van der Waals surface area (Å²) < 4.78 is 5.35. The molecule has 0 atom stereocenters. The number of amides is 1. The molecule has 5 nitrogen and oxygen atoms in total. The molecular formula is C14H23N3O2. The van der Waals surface area contributed by atoms with Crippen molar-refractivity contribution >= 4 is 5.91 Å². The zero-order chi connectivity index (χ0) is 13.5. The number of nitrogens with one attached hydrogen (secondary N) is 1. The average Bonchev–Trinajstić information content (AvgIpc) is 2.93. The van der Waals surface area contributed by atoms with E-state index in [2.05, 4.69) is 10.2 Å². The van der Waals surface area contributed by atoms with Crippen LogP contribution in [0.15, 0.2) is 22.8 Å². The van der Waals surface area contributed by atoms with Gasteiger partial charge in [-0.15, -0.1) is 0 Å². The van der Waals surface area contributed by atoms with Gasteiger partial charge in [0.25, 0.3) is 0 Å². The number of hydrogen-bond donors (Lipinski definition) is 1. The monoisotopic (exact) mass is 265 g/mol. The van der Waals surface area contributed by atoms with Gasteiger partial charge in [-0.1, -0.05) is 0 Å². The lowest BCUT2D eigenvalue weighted by atomic mass is 10.2. The highest BCUT2D eigenvalue weighted by Crippen LogP contribution is 2.10. The van der Waals surface area contributed by atoms with Crippen LogP contribution in [0.2, 0.25) is 0 Å². The molecule has 1 aromatic heterocycles. The molecule has 5 heteroatoms. The molecule has 0 bridgehead atoms. The number of rotatable bonds is 6. The Balaban J connectivity index is 1.68. The van der Waals surface area contributed by atoms with Gasteiger partial charge in [0.05, 0.1) is 12.8 Å².